The Balaban J connectivity index is 0.962. The van der Waals surface area contributed by atoms with Gasteiger partial charge in [-0.25, -0.2) is 0 Å². The third kappa shape index (κ3) is 9.00. The van der Waals surface area contributed by atoms with E-state index in [-0.39, 0.29) is 65.3 Å². The maximum absolute atomic E-state index is 14.1. The van der Waals surface area contributed by atoms with E-state index in [1.165, 1.54) is 0 Å². The van der Waals surface area contributed by atoms with E-state index < -0.39 is 30.2 Å². The van der Waals surface area contributed by atoms with Crippen molar-refractivity contribution < 1.29 is 38.2 Å². The minimum Gasteiger partial charge on any atom is -0.492 e. The highest BCUT2D eigenvalue weighted by molar-refractivity contribution is 5.95. The lowest BCUT2D eigenvalue weighted by Crippen LogP contribution is -2.56. The molecule has 8 rings (SSSR count). The molecular formula is C47H63N7O8. The summed E-state index contributed by atoms with van der Waals surface area (Å²) in [6.07, 6.45) is 7.81. The predicted octanol–water partition coefficient (Wildman–Crippen LogP) is 3.66. The molecule has 4 heterocycles. The van der Waals surface area contributed by atoms with E-state index in [4.69, 9.17) is 9.47 Å². The molecule has 0 radical (unpaired) electrons. The molecule has 2 saturated carbocycles. The highest BCUT2D eigenvalue weighted by Gasteiger charge is 2.46. The molecule has 6 amide bonds. The Bertz CT molecular complexity index is 1910. The summed E-state index contributed by atoms with van der Waals surface area (Å²) >= 11 is 0. The Morgan fingerprint density at radius 2 is 1.10 bits per heavy atom. The maximum atomic E-state index is 14.1. The molecule has 4 aliphatic heterocycles. The van der Waals surface area contributed by atoms with Crippen molar-refractivity contribution in [3.05, 3.63) is 47.5 Å². The second-order valence-corrected chi connectivity index (χ2v) is 18.2. The Kier molecular flexibility index (Phi) is 13.1. The van der Waals surface area contributed by atoms with Crippen molar-refractivity contribution in [3.63, 3.8) is 0 Å². The van der Waals surface area contributed by atoms with E-state index in [2.05, 4.69) is 26.6 Å². The first kappa shape index (κ1) is 43.5. The number of benzene rings is 2. The molecule has 0 bridgehead atoms. The van der Waals surface area contributed by atoms with Crippen LogP contribution in [-0.2, 0) is 28.8 Å². The molecule has 2 aromatic rings. The van der Waals surface area contributed by atoms with Gasteiger partial charge < -0.3 is 45.9 Å². The van der Waals surface area contributed by atoms with E-state index in [9.17, 15) is 28.8 Å². The molecule has 8 atom stereocenters. The van der Waals surface area contributed by atoms with Gasteiger partial charge in [0.25, 0.3) is 0 Å². The largest absolute Gasteiger partial charge is 0.492 e. The standard InChI is InChI=1S/C47H63N7O8/c1-5-26(2)42(55)51-38(28-16-17-28)46(59)53-22-8-14-36(53)44(57)49-34-20-24-61-40-30(10-6-12-32(34)40)31-11-7-13-33-35(21-25-62-41(31)33)50-45(58)37-15-9-23-54(37)47(60)39(29-18-19-29)52-43(56)27(3)48-4/h6-7,10-13,26-29,34-39,48H,5,8-9,14-25H2,1-4H3,(H,49,57)(H,50,58)(H,51,55)(H,52,56)/t26-,27+,34-,35-,36+,37+,38+,39+/m1/s1. The van der Waals surface area contributed by atoms with E-state index in [0.29, 0.717) is 82.7 Å². The van der Waals surface area contributed by atoms with Crippen molar-refractivity contribution >= 4 is 35.4 Å². The van der Waals surface area contributed by atoms with E-state index >= 15 is 0 Å². The van der Waals surface area contributed by atoms with Gasteiger partial charge in [0.15, 0.2) is 0 Å². The van der Waals surface area contributed by atoms with Gasteiger partial charge in [-0.15, -0.1) is 0 Å². The minimum absolute atomic E-state index is 0.0776. The number of fused-ring (bicyclic) bond motifs is 2. The topological polar surface area (TPSA) is 188 Å². The number of nitrogens with one attached hydrogen (secondary N) is 5. The number of para-hydroxylation sites is 2. The van der Waals surface area contributed by atoms with Crippen LogP contribution in [0.2, 0.25) is 0 Å². The van der Waals surface area contributed by atoms with Gasteiger partial charge >= 0.3 is 0 Å². The van der Waals surface area contributed by atoms with Crippen LogP contribution in [0, 0.1) is 17.8 Å². The zero-order valence-corrected chi connectivity index (χ0v) is 36.5. The molecule has 15 heteroatoms. The molecule has 0 unspecified atom stereocenters. The van der Waals surface area contributed by atoms with Crippen LogP contribution < -0.4 is 36.1 Å². The summed E-state index contributed by atoms with van der Waals surface area (Å²) in [6.45, 7) is 7.25. The first-order chi connectivity index (χ1) is 30.0. The molecule has 15 nitrogen and oxygen atoms in total. The quantitative estimate of drug-likeness (QED) is 0.178. The van der Waals surface area contributed by atoms with Crippen molar-refractivity contribution in [1.82, 2.24) is 36.4 Å². The molecule has 2 aromatic carbocycles. The van der Waals surface area contributed by atoms with Gasteiger partial charge in [0.1, 0.15) is 35.7 Å². The third-order valence-electron chi connectivity index (χ3n) is 13.9. The first-order valence-corrected chi connectivity index (χ1v) is 23.0. The minimum atomic E-state index is -0.647. The lowest BCUT2D eigenvalue weighted by Gasteiger charge is -2.33. The average Bonchev–Trinajstić information content (AvgIpc) is 4.21. The van der Waals surface area contributed by atoms with Gasteiger partial charge in [-0.05, 0) is 83.6 Å². The molecule has 0 spiro atoms. The summed E-state index contributed by atoms with van der Waals surface area (Å²) in [4.78, 5) is 84.9. The monoisotopic (exact) mass is 853 g/mol. The number of amides is 6. The van der Waals surface area contributed by atoms with Crippen LogP contribution in [0.1, 0.15) is 115 Å². The van der Waals surface area contributed by atoms with Crippen LogP contribution in [0.15, 0.2) is 36.4 Å². The summed E-state index contributed by atoms with van der Waals surface area (Å²) in [6, 6.07) is 8.09. The third-order valence-corrected chi connectivity index (χ3v) is 13.9. The predicted molar refractivity (Wildman–Crippen MR) is 231 cm³/mol. The van der Waals surface area contributed by atoms with Gasteiger partial charge in [-0.2, -0.15) is 0 Å². The Morgan fingerprint density at radius 1 is 0.645 bits per heavy atom. The summed E-state index contributed by atoms with van der Waals surface area (Å²) in [5, 5.41) is 15.4. The summed E-state index contributed by atoms with van der Waals surface area (Å²) in [7, 11) is 1.70. The van der Waals surface area contributed by atoms with Crippen molar-refractivity contribution in [1.29, 1.82) is 0 Å². The van der Waals surface area contributed by atoms with Gasteiger partial charge in [-0.3, -0.25) is 28.8 Å². The van der Waals surface area contributed by atoms with E-state index in [1.807, 2.05) is 50.2 Å². The number of carbonyl (C=O) groups excluding carboxylic acids is 6. The molecule has 6 aliphatic rings. The number of carbonyl (C=O) groups is 6. The maximum Gasteiger partial charge on any atom is 0.246 e. The molecule has 334 valence electrons. The Morgan fingerprint density at radius 3 is 1.52 bits per heavy atom. The van der Waals surface area contributed by atoms with Gasteiger partial charge in [0.05, 0.1) is 31.3 Å². The van der Waals surface area contributed by atoms with Crippen LogP contribution >= 0.6 is 0 Å². The van der Waals surface area contributed by atoms with Gasteiger partial charge in [-0.1, -0.05) is 50.2 Å². The smallest absolute Gasteiger partial charge is 0.246 e. The number of hydrogen-bond acceptors (Lipinski definition) is 9. The van der Waals surface area contributed by atoms with E-state index in [1.54, 1.807) is 23.8 Å². The molecule has 0 aromatic heterocycles. The molecule has 5 N–H and O–H groups in total. The zero-order valence-electron chi connectivity index (χ0n) is 36.5. The van der Waals surface area contributed by atoms with Crippen LogP contribution in [0.4, 0.5) is 0 Å². The van der Waals surface area contributed by atoms with E-state index in [0.717, 1.165) is 47.9 Å². The number of ether oxygens (including phenoxy) is 2. The van der Waals surface area contributed by atoms with Crippen molar-refractivity contribution in [2.75, 3.05) is 33.4 Å². The number of hydrogen-bond donors (Lipinski definition) is 5. The second-order valence-electron chi connectivity index (χ2n) is 18.2. The van der Waals surface area contributed by atoms with Crippen molar-refractivity contribution in [2.24, 2.45) is 17.8 Å². The number of likely N-dealkylation sites (N-methyl/N-ethyl adjacent to an activating group) is 1. The normalized spacial score (nSPS) is 24.8. The molecule has 2 saturated heterocycles. The van der Waals surface area contributed by atoms with Crippen molar-refractivity contribution in [2.45, 2.75) is 134 Å². The summed E-state index contributed by atoms with van der Waals surface area (Å²) in [5.41, 5.74) is 3.27. The van der Waals surface area contributed by atoms with Crippen LogP contribution in [0.25, 0.3) is 11.1 Å². The fourth-order valence-corrected chi connectivity index (χ4v) is 9.58. The molecule has 4 fully saturated rings. The highest BCUT2D eigenvalue weighted by atomic mass is 16.5. The lowest BCUT2D eigenvalue weighted by atomic mass is 9.90. The molecule has 62 heavy (non-hydrogen) atoms. The average molecular weight is 854 g/mol. The SMILES string of the molecule is CC[C@@H](C)C(=O)N[C@H](C(=O)N1CCC[C@H]1C(=O)N[C@@H]1CCOc2c(-c3cccc4c3OCC[C@H]4NC(=O)[C@@H]3CCCN3C(=O)[C@@H](NC(=O)[C@H](C)NC)C3CC3)cccc21)C1CC1. The van der Waals surface area contributed by atoms with Gasteiger partial charge in [0.2, 0.25) is 35.4 Å². The summed E-state index contributed by atoms with van der Waals surface area (Å²) in [5.74, 6) is 0.136. The van der Waals surface area contributed by atoms with Crippen LogP contribution in [0.3, 0.4) is 0 Å². The van der Waals surface area contributed by atoms with Crippen molar-refractivity contribution in [3.8, 4) is 22.6 Å². The molecule has 2 aliphatic carbocycles. The highest BCUT2D eigenvalue weighted by Crippen LogP contribution is 2.47. The van der Waals surface area contributed by atoms with Crippen LogP contribution in [0.5, 0.6) is 11.5 Å². The lowest BCUT2D eigenvalue weighted by molar-refractivity contribution is -0.142. The number of likely N-dealkylation sites (tertiary alicyclic amines) is 2. The second kappa shape index (κ2) is 18.7. The molecular weight excluding hydrogens is 791 g/mol. The number of nitrogens with zero attached hydrogens (tertiary/aromatic N) is 2. The fraction of sp³-hybridized carbons (Fsp3) is 0.617. The number of rotatable bonds is 15. The van der Waals surface area contributed by atoms with Crippen LogP contribution in [-0.4, -0.2) is 109 Å². The van der Waals surface area contributed by atoms with Gasteiger partial charge in [0, 0.05) is 54.1 Å². The zero-order chi connectivity index (χ0) is 43.7. The Labute approximate surface area is 364 Å². The summed E-state index contributed by atoms with van der Waals surface area (Å²) < 4.78 is 12.7. The Hall–Kier alpha value is -5.18. The fourth-order valence-electron chi connectivity index (χ4n) is 9.58. The first-order valence-electron chi connectivity index (χ1n) is 23.0.